The summed E-state index contributed by atoms with van der Waals surface area (Å²) in [6, 6.07) is 16.1. The normalized spacial score (nSPS) is 10.4. The summed E-state index contributed by atoms with van der Waals surface area (Å²) in [7, 11) is 1.60. The maximum Gasteiger partial charge on any atom is 0.295 e. The number of anilines is 1. The van der Waals surface area contributed by atoms with Gasteiger partial charge in [0.05, 0.1) is 7.11 Å². The number of aromatic nitrogens is 1. The lowest BCUT2D eigenvalue weighted by Gasteiger charge is -2.11. The molecule has 0 bridgehead atoms. The number of aryl methyl sites for hydroxylation is 2. The lowest BCUT2D eigenvalue weighted by Crippen LogP contribution is -2.32. The highest BCUT2D eigenvalue weighted by Crippen LogP contribution is 2.14. The molecule has 0 unspecified atom stereocenters. The first-order chi connectivity index (χ1) is 13.5. The average molecular weight is 378 g/mol. The lowest BCUT2D eigenvalue weighted by atomic mass is 10.1. The predicted octanol–water partition coefficient (Wildman–Crippen LogP) is 3.35. The number of nitrogens with one attached hydrogen (secondary N) is 1. The molecular weight excluding hydrogens is 356 g/mol. The molecule has 1 N–H and O–H groups in total. The van der Waals surface area contributed by atoms with Crippen LogP contribution in [-0.2, 0) is 6.61 Å². The zero-order chi connectivity index (χ0) is 20.1. The minimum Gasteiger partial charge on any atom is -0.497 e. The summed E-state index contributed by atoms with van der Waals surface area (Å²) in [4.78, 5) is 30.7. The Bertz CT molecular complexity index is 1020. The Morgan fingerprint density at radius 3 is 2.36 bits per heavy atom. The topological polar surface area (TPSA) is 69.6 Å². The molecule has 3 rings (SSSR count). The molecule has 0 saturated carbocycles. The van der Waals surface area contributed by atoms with Gasteiger partial charge in [-0.1, -0.05) is 18.2 Å². The van der Waals surface area contributed by atoms with E-state index in [1.807, 2.05) is 56.3 Å². The third-order valence-electron chi connectivity index (χ3n) is 4.17. The van der Waals surface area contributed by atoms with Crippen molar-refractivity contribution in [3.8, 4) is 5.75 Å². The van der Waals surface area contributed by atoms with E-state index in [2.05, 4.69) is 5.32 Å². The Kier molecular flexibility index (Phi) is 5.79. The standard InChI is InChI=1S/C22H22N2O4/c1-15-11-16(2)13-18(12-15)23-21(25)20-5-4-10-24(22(20)26)28-14-17-6-8-19(27-3)9-7-17/h4-13H,14H2,1-3H3,(H,23,25). The van der Waals surface area contributed by atoms with E-state index in [4.69, 9.17) is 9.57 Å². The second kappa shape index (κ2) is 8.43. The van der Waals surface area contributed by atoms with Gasteiger partial charge in [0.2, 0.25) is 0 Å². The second-order valence-corrected chi connectivity index (χ2v) is 6.50. The smallest absolute Gasteiger partial charge is 0.295 e. The van der Waals surface area contributed by atoms with Crippen molar-refractivity contribution in [1.82, 2.24) is 4.73 Å². The van der Waals surface area contributed by atoms with E-state index >= 15 is 0 Å². The van der Waals surface area contributed by atoms with Crippen molar-refractivity contribution in [2.24, 2.45) is 0 Å². The van der Waals surface area contributed by atoms with Crippen molar-refractivity contribution in [3.05, 3.63) is 93.4 Å². The predicted molar refractivity (Wildman–Crippen MR) is 108 cm³/mol. The fourth-order valence-corrected chi connectivity index (χ4v) is 2.86. The van der Waals surface area contributed by atoms with Crippen LogP contribution in [0.15, 0.2) is 65.6 Å². The molecule has 0 spiro atoms. The van der Waals surface area contributed by atoms with Crippen molar-refractivity contribution in [3.63, 3.8) is 0 Å². The average Bonchev–Trinajstić information content (AvgIpc) is 2.66. The zero-order valence-corrected chi connectivity index (χ0v) is 16.1. The highest BCUT2D eigenvalue weighted by atomic mass is 16.7. The summed E-state index contributed by atoms with van der Waals surface area (Å²) in [6.07, 6.45) is 1.49. The molecular formula is C22H22N2O4. The van der Waals surface area contributed by atoms with E-state index in [-0.39, 0.29) is 12.2 Å². The van der Waals surface area contributed by atoms with Crippen LogP contribution in [-0.4, -0.2) is 17.7 Å². The van der Waals surface area contributed by atoms with Gasteiger partial charge in [0.15, 0.2) is 0 Å². The van der Waals surface area contributed by atoms with Crippen molar-refractivity contribution >= 4 is 11.6 Å². The number of methoxy groups -OCH3 is 1. The highest BCUT2D eigenvalue weighted by molar-refractivity contribution is 6.04. The van der Waals surface area contributed by atoms with Gasteiger partial charge in [0.25, 0.3) is 11.5 Å². The molecule has 0 aliphatic heterocycles. The summed E-state index contributed by atoms with van der Waals surface area (Å²) in [5.74, 6) is 0.267. The number of carbonyl (C=O) groups excluding carboxylic acids is 1. The number of rotatable bonds is 6. The van der Waals surface area contributed by atoms with Crippen LogP contribution < -0.4 is 20.5 Å². The Morgan fingerprint density at radius 2 is 1.71 bits per heavy atom. The maximum absolute atomic E-state index is 12.6. The summed E-state index contributed by atoms with van der Waals surface area (Å²) < 4.78 is 6.19. The van der Waals surface area contributed by atoms with Gasteiger partial charge < -0.3 is 14.9 Å². The molecule has 1 heterocycles. The first kappa shape index (κ1) is 19.2. The third-order valence-corrected chi connectivity index (χ3v) is 4.17. The van der Waals surface area contributed by atoms with Gasteiger partial charge in [0, 0.05) is 11.9 Å². The number of hydrogen-bond acceptors (Lipinski definition) is 4. The zero-order valence-electron chi connectivity index (χ0n) is 16.1. The Balaban J connectivity index is 1.74. The quantitative estimate of drug-likeness (QED) is 0.714. The van der Waals surface area contributed by atoms with Crippen LogP contribution in [0.3, 0.4) is 0 Å². The fourth-order valence-electron chi connectivity index (χ4n) is 2.86. The van der Waals surface area contributed by atoms with Gasteiger partial charge in [-0.05, 0) is 66.9 Å². The lowest BCUT2D eigenvalue weighted by molar-refractivity contribution is 0.0863. The molecule has 6 nitrogen and oxygen atoms in total. The van der Waals surface area contributed by atoms with E-state index < -0.39 is 11.5 Å². The first-order valence-electron chi connectivity index (χ1n) is 8.84. The van der Waals surface area contributed by atoms with Gasteiger partial charge in [-0.25, -0.2) is 0 Å². The van der Waals surface area contributed by atoms with E-state index in [9.17, 15) is 9.59 Å². The number of carbonyl (C=O) groups is 1. The highest BCUT2D eigenvalue weighted by Gasteiger charge is 2.13. The van der Waals surface area contributed by atoms with Gasteiger partial charge in [-0.15, -0.1) is 0 Å². The van der Waals surface area contributed by atoms with Gasteiger partial charge in [0.1, 0.15) is 17.9 Å². The van der Waals surface area contributed by atoms with Crippen LogP contribution in [0.25, 0.3) is 0 Å². The largest absolute Gasteiger partial charge is 0.497 e. The summed E-state index contributed by atoms with van der Waals surface area (Å²) in [5, 5.41) is 2.77. The molecule has 0 saturated heterocycles. The van der Waals surface area contributed by atoms with Crippen molar-refractivity contribution in [1.29, 1.82) is 0 Å². The molecule has 0 radical (unpaired) electrons. The molecule has 1 amide bonds. The molecule has 0 aliphatic carbocycles. The van der Waals surface area contributed by atoms with Gasteiger partial charge in [-0.2, -0.15) is 4.73 Å². The maximum atomic E-state index is 12.6. The molecule has 0 atom stereocenters. The minimum atomic E-state index is -0.516. The van der Waals surface area contributed by atoms with Crippen molar-refractivity contribution < 1.29 is 14.4 Å². The minimum absolute atomic E-state index is 0.0105. The number of hydrogen-bond donors (Lipinski definition) is 1. The molecule has 6 heteroatoms. The van der Waals surface area contributed by atoms with E-state index in [1.54, 1.807) is 13.2 Å². The second-order valence-electron chi connectivity index (χ2n) is 6.50. The molecule has 0 fully saturated rings. The Morgan fingerprint density at radius 1 is 1.04 bits per heavy atom. The molecule has 3 aromatic rings. The number of nitrogens with zero attached hydrogens (tertiary/aromatic N) is 1. The van der Waals surface area contributed by atoms with Crippen LogP contribution >= 0.6 is 0 Å². The number of ether oxygens (including phenoxy) is 1. The van der Waals surface area contributed by atoms with E-state index in [0.717, 1.165) is 27.2 Å². The summed E-state index contributed by atoms with van der Waals surface area (Å²) >= 11 is 0. The van der Waals surface area contributed by atoms with Crippen LogP contribution in [0.1, 0.15) is 27.0 Å². The number of pyridine rings is 1. The van der Waals surface area contributed by atoms with Crippen LogP contribution in [0.5, 0.6) is 5.75 Å². The van der Waals surface area contributed by atoms with Crippen molar-refractivity contribution in [2.75, 3.05) is 12.4 Å². The van der Waals surface area contributed by atoms with Crippen molar-refractivity contribution in [2.45, 2.75) is 20.5 Å². The number of benzene rings is 2. The van der Waals surface area contributed by atoms with Crippen LogP contribution in [0, 0.1) is 13.8 Å². The third kappa shape index (κ3) is 4.59. The SMILES string of the molecule is COc1ccc(COn2cccc(C(=O)Nc3cc(C)cc(C)c3)c2=O)cc1. The first-order valence-corrected chi connectivity index (χ1v) is 8.84. The van der Waals surface area contributed by atoms with E-state index in [1.165, 1.54) is 12.3 Å². The molecule has 1 aromatic heterocycles. The Hall–Kier alpha value is -3.54. The van der Waals surface area contributed by atoms with Crippen LogP contribution in [0.2, 0.25) is 0 Å². The van der Waals surface area contributed by atoms with Gasteiger partial charge >= 0.3 is 0 Å². The van der Waals surface area contributed by atoms with Crippen LogP contribution in [0.4, 0.5) is 5.69 Å². The summed E-state index contributed by atoms with van der Waals surface area (Å²) in [5.41, 5.74) is 3.08. The molecule has 0 aliphatic rings. The molecule has 2 aromatic carbocycles. The van der Waals surface area contributed by atoms with E-state index in [0.29, 0.717) is 5.69 Å². The summed E-state index contributed by atoms with van der Waals surface area (Å²) in [6.45, 7) is 4.09. The molecule has 28 heavy (non-hydrogen) atoms. The number of amides is 1. The fraction of sp³-hybridized carbons (Fsp3) is 0.182. The Labute approximate surface area is 163 Å². The monoisotopic (exact) mass is 378 g/mol. The van der Waals surface area contributed by atoms with Gasteiger partial charge in [-0.3, -0.25) is 9.59 Å². The molecule has 144 valence electrons.